The minimum absolute atomic E-state index is 0.583. The molecule has 5 nitrogen and oxygen atoms in total. The Morgan fingerprint density at radius 1 is 1.09 bits per heavy atom. The zero-order chi connectivity index (χ0) is 15.1. The Kier molecular flexibility index (Phi) is 3.17. The molecule has 0 bridgehead atoms. The molecule has 2 aromatic heterocycles. The summed E-state index contributed by atoms with van der Waals surface area (Å²) in [5, 5.41) is 7.77. The monoisotopic (exact) mass is 331 g/mol. The topological polar surface area (TPSA) is 58.0 Å². The first-order chi connectivity index (χ1) is 10.7. The molecule has 7 heteroatoms. The Hall–Kier alpha value is -2.24. The summed E-state index contributed by atoms with van der Waals surface area (Å²) in [6.07, 6.45) is 0. The van der Waals surface area contributed by atoms with E-state index in [4.69, 9.17) is 23.2 Å². The van der Waals surface area contributed by atoms with Gasteiger partial charge in [0.1, 0.15) is 0 Å². The highest BCUT2D eigenvalue weighted by Gasteiger charge is 2.10. The van der Waals surface area contributed by atoms with Gasteiger partial charge in [-0.1, -0.05) is 41.4 Å². The van der Waals surface area contributed by atoms with Gasteiger partial charge in [-0.3, -0.25) is 5.10 Å². The molecule has 0 saturated heterocycles. The van der Waals surface area contributed by atoms with Crippen LogP contribution in [0.1, 0.15) is 5.56 Å². The lowest BCUT2D eigenvalue weighted by atomic mass is 10.2. The Balaban J connectivity index is 1.64. The number of aromatic amines is 1. The molecule has 0 unspecified atom stereocenters. The van der Waals surface area contributed by atoms with Gasteiger partial charge < -0.3 is 5.32 Å². The number of imidazole rings is 1. The third kappa shape index (κ3) is 2.28. The highest BCUT2D eigenvalue weighted by molar-refractivity contribution is 6.31. The van der Waals surface area contributed by atoms with E-state index in [2.05, 4.69) is 20.4 Å². The van der Waals surface area contributed by atoms with E-state index in [0.717, 1.165) is 21.6 Å². The van der Waals surface area contributed by atoms with Gasteiger partial charge in [0.05, 0.1) is 11.0 Å². The van der Waals surface area contributed by atoms with Crippen LogP contribution in [-0.4, -0.2) is 19.6 Å². The number of hydrogen-bond donors (Lipinski definition) is 2. The Morgan fingerprint density at radius 2 is 1.95 bits per heavy atom. The number of nitrogens with zero attached hydrogens (tertiary/aromatic N) is 3. The summed E-state index contributed by atoms with van der Waals surface area (Å²) in [6.45, 7) is 0.583. The van der Waals surface area contributed by atoms with Crippen LogP contribution in [0.2, 0.25) is 10.0 Å². The van der Waals surface area contributed by atoms with Gasteiger partial charge in [-0.05, 0) is 29.8 Å². The van der Waals surface area contributed by atoms with Crippen LogP contribution in [-0.2, 0) is 6.54 Å². The van der Waals surface area contributed by atoms with Crippen LogP contribution in [0.3, 0.4) is 0 Å². The zero-order valence-electron chi connectivity index (χ0n) is 11.3. The molecule has 2 aromatic carbocycles. The number of H-pyrrole nitrogens is 1. The van der Waals surface area contributed by atoms with Crippen LogP contribution in [0.25, 0.3) is 16.8 Å². The van der Waals surface area contributed by atoms with Crippen LogP contribution in [0.4, 0.5) is 5.95 Å². The molecular formula is C15H11Cl2N5. The number of anilines is 1. The van der Waals surface area contributed by atoms with Gasteiger partial charge in [0, 0.05) is 16.6 Å². The Morgan fingerprint density at radius 3 is 2.82 bits per heavy atom. The standard InChI is InChI=1S/C15H11Cl2N5/c16-10-5-6-13-12(7-10)19-15-20-14(21-22(13)15)18-8-9-3-1-2-4-11(9)17/h1-7H,8H2,(H2,18,19,20,21). The first-order valence-corrected chi connectivity index (χ1v) is 7.47. The molecule has 0 amide bonds. The van der Waals surface area contributed by atoms with Gasteiger partial charge in [0.15, 0.2) is 0 Å². The lowest BCUT2D eigenvalue weighted by Gasteiger charge is -2.04. The van der Waals surface area contributed by atoms with E-state index in [1.54, 1.807) is 0 Å². The van der Waals surface area contributed by atoms with Crippen molar-refractivity contribution in [2.75, 3.05) is 5.32 Å². The number of hydrogen-bond acceptors (Lipinski definition) is 3. The summed E-state index contributed by atoms with van der Waals surface area (Å²) in [6, 6.07) is 13.3. The molecule has 22 heavy (non-hydrogen) atoms. The SMILES string of the molecule is Clc1ccc2c(c1)nc1nc(NCc3ccccc3Cl)[nH]n12. The summed E-state index contributed by atoms with van der Waals surface area (Å²) in [7, 11) is 0. The lowest BCUT2D eigenvalue weighted by molar-refractivity contribution is 0.987. The van der Waals surface area contributed by atoms with E-state index in [0.29, 0.717) is 23.3 Å². The molecule has 0 spiro atoms. The van der Waals surface area contributed by atoms with Crippen molar-refractivity contribution in [2.24, 2.45) is 0 Å². The number of halogens is 2. The summed E-state index contributed by atoms with van der Waals surface area (Å²) >= 11 is 12.1. The first kappa shape index (κ1) is 13.4. The van der Waals surface area contributed by atoms with Gasteiger partial charge >= 0.3 is 0 Å². The van der Waals surface area contributed by atoms with Gasteiger partial charge in [0.25, 0.3) is 5.78 Å². The van der Waals surface area contributed by atoms with Crippen LogP contribution >= 0.6 is 23.2 Å². The molecule has 0 radical (unpaired) electrons. The predicted octanol–water partition coefficient (Wildman–Crippen LogP) is 4.13. The largest absolute Gasteiger partial charge is 0.350 e. The quantitative estimate of drug-likeness (QED) is 0.593. The Labute approximate surface area is 135 Å². The number of nitrogens with one attached hydrogen (secondary N) is 2. The van der Waals surface area contributed by atoms with Crippen molar-refractivity contribution in [3.8, 4) is 0 Å². The highest BCUT2D eigenvalue weighted by Crippen LogP contribution is 2.21. The van der Waals surface area contributed by atoms with E-state index in [-0.39, 0.29) is 0 Å². The third-order valence-corrected chi connectivity index (χ3v) is 4.04. The van der Waals surface area contributed by atoms with Crippen LogP contribution < -0.4 is 5.32 Å². The van der Waals surface area contributed by atoms with Crippen molar-refractivity contribution in [1.82, 2.24) is 19.6 Å². The molecular weight excluding hydrogens is 321 g/mol. The fourth-order valence-corrected chi connectivity index (χ4v) is 2.73. The van der Waals surface area contributed by atoms with E-state index in [1.807, 2.05) is 47.0 Å². The van der Waals surface area contributed by atoms with Crippen LogP contribution in [0, 0.1) is 0 Å². The fourth-order valence-electron chi connectivity index (χ4n) is 2.36. The average molecular weight is 332 g/mol. The number of fused-ring (bicyclic) bond motifs is 3. The first-order valence-electron chi connectivity index (χ1n) is 6.72. The number of rotatable bonds is 3. The summed E-state index contributed by atoms with van der Waals surface area (Å²) in [4.78, 5) is 8.86. The lowest BCUT2D eigenvalue weighted by Crippen LogP contribution is -2.01. The molecule has 4 rings (SSSR count). The third-order valence-electron chi connectivity index (χ3n) is 3.43. The average Bonchev–Trinajstić information content (AvgIpc) is 3.03. The van der Waals surface area contributed by atoms with Crippen LogP contribution in [0.5, 0.6) is 0 Å². The minimum Gasteiger partial charge on any atom is -0.350 e. The van der Waals surface area contributed by atoms with Crippen molar-refractivity contribution in [1.29, 1.82) is 0 Å². The molecule has 2 N–H and O–H groups in total. The molecule has 110 valence electrons. The second-order valence-corrected chi connectivity index (χ2v) is 5.74. The maximum absolute atomic E-state index is 6.14. The number of benzene rings is 2. The van der Waals surface area contributed by atoms with Gasteiger partial charge in [0.2, 0.25) is 5.95 Å². The number of aromatic nitrogens is 4. The highest BCUT2D eigenvalue weighted by atomic mass is 35.5. The van der Waals surface area contributed by atoms with E-state index < -0.39 is 0 Å². The van der Waals surface area contributed by atoms with Gasteiger partial charge in [-0.25, -0.2) is 9.50 Å². The van der Waals surface area contributed by atoms with Crippen molar-refractivity contribution in [3.05, 3.63) is 58.1 Å². The molecule has 0 fully saturated rings. The zero-order valence-corrected chi connectivity index (χ0v) is 12.9. The summed E-state index contributed by atoms with van der Waals surface area (Å²) in [5.74, 6) is 1.23. The molecule has 0 aliphatic heterocycles. The molecule has 0 saturated carbocycles. The van der Waals surface area contributed by atoms with E-state index in [9.17, 15) is 0 Å². The molecule has 0 atom stereocenters. The fraction of sp³-hybridized carbons (Fsp3) is 0.0667. The summed E-state index contributed by atoms with van der Waals surface area (Å²) < 4.78 is 1.82. The molecule has 0 aliphatic carbocycles. The van der Waals surface area contributed by atoms with E-state index >= 15 is 0 Å². The van der Waals surface area contributed by atoms with Crippen molar-refractivity contribution < 1.29 is 0 Å². The second kappa shape index (κ2) is 5.19. The molecule has 4 aromatic rings. The Bertz CT molecular complexity index is 973. The maximum atomic E-state index is 6.14. The van der Waals surface area contributed by atoms with Gasteiger partial charge in [-0.15, -0.1) is 0 Å². The van der Waals surface area contributed by atoms with Crippen molar-refractivity contribution in [3.63, 3.8) is 0 Å². The normalized spacial score (nSPS) is 11.4. The second-order valence-electron chi connectivity index (χ2n) is 4.90. The van der Waals surface area contributed by atoms with Crippen molar-refractivity contribution >= 4 is 46.0 Å². The van der Waals surface area contributed by atoms with Crippen LogP contribution in [0.15, 0.2) is 42.5 Å². The van der Waals surface area contributed by atoms with Gasteiger partial charge in [-0.2, -0.15) is 4.98 Å². The predicted molar refractivity (Wildman–Crippen MR) is 88.6 cm³/mol. The molecule has 0 aliphatic rings. The maximum Gasteiger partial charge on any atom is 0.253 e. The molecule has 2 heterocycles. The minimum atomic E-state index is 0.583. The van der Waals surface area contributed by atoms with Crippen molar-refractivity contribution in [2.45, 2.75) is 6.54 Å². The summed E-state index contributed by atoms with van der Waals surface area (Å²) in [5.41, 5.74) is 2.75. The smallest absolute Gasteiger partial charge is 0.253 e. The van der Waals surface area contributed by atoms with E-state index in [1.165, 1.54) is 0 Å².